The van der Waals surface area contributed by atoms with Gasteiger partial charge in [0.05, 0.1) is 0 Å². The van der Waals surface area contributed by atoms with E-state index in [1.165, 1.54) is 0 Å². The topological polar surface area (TPSA) is 55.7 Å². The van der Waals surface area contributed by atoms with Gasteiger partial charge in [0.1, 0.15) is 5.72 Å². The van der Waals surface area contributed by atoms with Crippen molar-refractivity contribution in [2.24, 2.45) is 0 Å². The highest BCUT2D eigenvalue weighted by atomic mass is 16.3. The highest BCUT2D eigenvalue weighted by Gasteiger charge is 2.32. The standard InChI is InChI=1S/C10H21N2O2/c1-2-10(14,4-3-9-13)12-7-5-11-6-8-12/h11,13-14H,1-9H2. The molecule has 0 saturated carbocycles. The normalized spacial score (nSPS) is 23.4. The van der Waals surface area contributed by atoms with E-state index < -0.39 is 5.72 Å². The van der Waals surface area contributed by atoms with E-state index in [-0.39, 0.29) is 6.61 Å². The van der Waals surface area contributed by atoms with E-state index in [1.807, 2.05) is 0 Å². The number of rotatable bonds is 5. The first-order valence-corrected chi connectivity index (χ1v) is 5.31. The van der Waals surface area contributed by atoms with Crippen LogP contribution in [-0.4, -0.2) is 53.6 Å². The lowest BCUT2D eigenvalue weighted by atomic mass is 10.0. The molecule has 1 radical (unpaired) electrons. The summed E-state index contributed by atoms with van der Waals surface area (Å²) in [4.78, 5) is 2.06. The maximum absolute atomic E-state index is 10.3. The van der Waals surface area contributed by atoms with Gasteiger partial charge < -0.3 is 15.5 Å². The van der Waals surface area contributed by atoms with Crippen LogP contribution in [0.4, 0.5) is 0 Å². The van der Waals surface area contributed by atoms with Gasteiger partial charge in [-0.2, -0.15) is 0 Å². The SMILES string of the molecule is [CH2]CC(O)(CCCO)N1CCNCC1. The zero-order valence-electron chi connectivity index (χ0n) is 8.71. The predicted molar refractivity (Wildman–Crippen MR) is 55.7 cm³/mol. The molecule has 4 nitrogen and oxygen atoms in total. The van der Waals surface area contributed by atoms with Crippen LogP contribution in [0.5, 0.6) is 0 Å². The van der Waals surface area contributed by atoms with Gasteiger partial charge in [0.2, 0.25) is 0 Å². The molecule has 0 aromatic heterocycles. The van der Waals surface area contributed by atoms with Crippen LogP contribution in [0.3, 0.4) is 0 Å². The van der Waals surface area contributed by atoms with Crippen molar-refractivity contribution in [1.29, 1.82) is 0 Å². The molecule has 0 aromatic rings. The first-order valence-electron chi connectivity index (χ1n) is 5.31. The molecule has 1 unspecified atom stereocenters. The number of aliphatic hydroxyl groups is 2. The van der Waals surface area contributed by atoms with Crippen molar-refractivity contribution in [2.45, 2.75) is 25.0 Å². The number of hydrogen-bond donors (Lipinski definition) is 3. The van der Waals surface area contributed by atoms with Gasteiger partial charge >= 0.3 is 0 Å². The Hall–Kier alpha value is -0.160. The maximum atomic E-state index is 10.3. The van der Waals surface area contributed by atoms with Crippen LogP contribution in [0.1, 0.15) is 19.3 Å². The molecule has 4 heteroatoms. The third-order valence-electron chi connectivity index (χ3n) is 2.84. The molecule has 3 N–H and O–H groups in total. The van der Waals surface area contributed by atoms with Crippen molar-refractivity contribution in [1.82, 2.24) is 10.2 Å². The van der Waals surface area contributed by atoms with Gasteiger partial charge in [-0.05, 0) is 26.2 Å². The Morgan fingerprint density at radius 3 is 2.50 bits per heavy atom. The number of piperazine rings is 1. The third kappa shape index (κ3) is 2.92. The third-order valence-corrected chi connectivity index (χ3v) is 2.84. The lowest BCUT2D eigenvalue weighted by Gasteiger charge is -2.41. The second-order valence-corrected chi connectivity index (χ2v) is 3.80. The molecule has 1 saturated heterocycles. The highest BCUT2D eigenvalue weighted by molar-refractivity contribution is 4.83. The van der Waals surface area contributed by atoms with Crippen LogP contribution in [-0.2, 0) is 0 Å². The first-order chi connectivity index (χ1) is 6.73. The van der Waals surface area contributed by atoms with Gasteiger partial charge in [0.25, 0.3) is 0 Å². The Bertz CT molecular complexity index is 160. The molecule has 1 fully saturated rings. The van der Waals surface area contributed by atoms with E-state index in [1.54, 1.807) is 0 Å². The van der Waals surface area contributed by atoms with E-state index in [0.29, 0.717) is 19.3 Å². The fourth-order valence-electron chi connectivity index (χ4n) is 1.88. The molecule has 1 aliphatic heterocycles. The smallest absolute Gasteiger partial charge is 0.118 e. The fourth-order valence-corrected chi connectivity index (χ4v) is 1.88. The molecule has 14 heavy (non-hydrogen) atoms. The van der Waals surface area contributed by atoms with E-state index in [0.717, 1.165) is 26.2 Å². The van der Waals surface area contributed by atoms with Gasteiger partial charge in [-0.1, -0.05) is 0 Å². The number of aliphatic hydroxyl groups excluding tert-OH is 1. The van der Waals surface area contributed by atoms with E-state index in [2.05, 4.69) is 17.1 Å². The minimum absolute atomic E-state index is 0.133. The summed E-state index contributed by atoms with van der Waals surface area (Å²) in [6, 6.07) is 0. The van der Waals surface area contributed by atoms with Crippen LogP contribution in [0.2, 0.25) is 0 Å². The van der Waals surface area contributed by atoms with Gasteiger partial charge in [0, 0.05) is 32.8 Å². The number of nitrogens with one attached hydrogen (secondary N) is 1. The zero-order valence-corrected chi connectivity index (χ0v) is 8.71. The van der Waals surface area contributed by atoms with Crippen molar-refractivity contribution >= 4 is 0 Å². The maximum Gasteiger partial charge on any atom is 0.118 e. The summed E-state index contributed by atoms with van der Waals surface area (Å²) in [5.41, 5.74) is -0.815. The van der Waals surface area contributed by atoms with E-state index in [4.69, 9.17) is 5.11 Å². The van der Waals surface area contributed by atoms with Gasteiger partial charge in [-0.15, -0.1) is 0 Å². The molecule has 0 aliphatic carbocycles. The van der Waals surface area contributed by atoms with Crippen molar-refractivity contribution in [3.05, 3.63) is 6.92 Å². The van der Waals surface area contributed by atoms with Crippen LogP contribution in [0, 0.1) is 6.92 Å². The Balaban J connectivity index is 2.47. The van der Waals surface area contributed by atoms with Gasteiger partial charge in [-0.25, -0.2) is 0 Å². The Kier molecular flexibility index (Phi) is 4.81. The Labute approximate surface area is 85.9 Å². The van der Waals surface area contributed by atoms with E-state index >= 15 is 0 Å². The summed E-state index contributed by atoms with van der Waals surface area (Å²) in [5, 5.41) is 22.3. The summed E-state index contributed by atoms with van der Waals surface area (Å²) in [6.45, 7) is 7.48. The first kappa shape index (κ1) is 11.9. The highest BCUT2D eigenvalue weighted by Crippen LogP contribution is 2.22. The monoisotopic (exact) mass is 201 g/mol. The lowest BCUT2D eigenvalue weighted by molar-refractivity contribution is -0.119. The molecule has 1 aliphatic rings. The van der Waals surface area contributed by atoms with Crippen molar-refractivity contribution in [2.75, 3.05) is 32.8 Å². The molecule has 0 bridgehead atoms. The largest absolute Gasteiger partial charge is 0.396 e. The van der Waals surface area contributed by atoms with Crippen molar-refractivity contribution in [3.8, 4) is 0 Å². The summed E-state index contributed by atoms with van der Waals surface area (Å²) < 4.78 is 0. The molecule has 1 atom stereocenters. The Morgan fingerprint density at radius 1 is 1.36 bits per heavy atom. The van der Waals surface area contributed by atoms with Crippen LogP contribution in [0.15, 0.2) is 0 Å². The predicted octanol–water partition coefficient (Wildman–Crippen LogP) is -0.423. The minimum atomic E-state index is -0.815. The van der Waals surface area contributed by atoms with Crippen LogP contribution in [0.25, 0.3) is 0 Å². The summed E-state index contributed by atoms with van der Waals surface area (Å²) in [6.07, 6.45) is 1.72. The van der Waals surface area contributed by atoms with Crippen LogP contribution >= 0.6 is 0 Å². The minimum Gasteiger partial charge on any atom is -0.396 e. The van der Waals surface area contributed by atoms with Crippen molar-refractivity contribution < 1.29 is 10.2 Å². The number of hydrogen-bond acceptors (Lipinski definition) is 4. The molecular formula is C10H21N2O2. The quantitative estimate of drug-likeness (QED) is 0.565. The second-order valence-electron chi connectivity index (χ2n) is 3.80. The molecule has 1 rings (SSSR count). The number of nitrogens with zero attached hydrogens (tertiary/aromatic N) is 1. The summed E-state index contributed by atoms with van der Waals surface area (Å²) in [7, 11) is 0. The molecule has 0 aromatic carbocycles. The second kappa shape index (κ2) is 5.66. The molecule has 1 heterocycles. The van der Waals surface area contributed by atoms with Crippen LogP contribution < -0.4 is 5.32 Å². The summed E-state index contributed by atoms with van der Waals surface area (Å²) >= 11 is 0. The fraction of sp³-hybridized carbons (Fsp3) is 0.900. The molecule has 0 amide bonds. The molecular weight excluding hydrogens is 180 g/mol. The average molecular weight is 201 g/mol. The average Bonchev–Trinajstić information content (AvgIpc) is 2.27. The zero-order chi connectivity index (χ0) is 10.4. The van der Waals surface area contributed by atoms with Crippen molar-refractivity contribution in [3.63, 3.8) is 0 Å². The van der Waals surface area contributed by atoms with Gasteiger partial charge in [-0.3, -0.25) is 4.90 Å². The van der Waals surface area contributed by atoms with E-state index in [9.17, 15) is 5.11 Å². The Morgan fingerprint density at radius 2 is 2.00 bits per heavy atom. The molecule has 0 spiro atoms. The lowest BCUT2D eigenvalue weighted by Crippen LogP contribution is -2.56. The summed E-state index contributed by atoms with van der Waals surface area (Å²) in [5.74, 6) is 0. The molecule has 83 valence electrons. The van der Waals surface area contributed by atoms with Gasteiger partial charge in [0.15, 0.2) is 0 Å².